The summed E-state index contributed by atoms with van der Waals surface area (Å²) in [5.74, 6) is 0. The van der Waals surface area contributed by atoms with Crippen molar-refractivity contribution >= 4 is 29.2 Å². The number of hydrogen-bond acceptors (Lipinski definition) is 4. The molecule has 0 aliphatic heterocycles. The molecule has 0 N–H and O–H groups in total. The zero-order chi connectivity index (χ0) is 66.4. The molecular formula is C86H100Cl2N4Zr2-2. The number of anilines is 4. The minimum absolute atomic E-state index is 0. The monoisotopic (exact) mass is 1440 g/mol. The van der Waals surface area contributed by atoms with Crippen LogP contribution in [0.2, 0.25) is 0 Å². The maximum atomic E-state index is 3.74. The first-order chi connectivity index (χ1) is 44.2. The van der Waals surface area contributed by atoms with Gasteiger partial charge in [-0.05, 0) is 159 Å². The molecule has 0 fully saturated rings. The summed E-state index contributed by atoms with van der Waals surface area (Å²) in [6.45, 7) is 36.2. The zero-order valence-electron chi connectivity index (χ0n) is 58.8. The van der Waals surface area contributed by atoms with Crippen molar-refractivity contribution in [1.29, 1.82) is 0 Å². The zero-order valence-corrected chi connectivity index (χ0v) is 65.2. The van der Waals surface area contributed by atoms with Crippen LogP contribution in [-0.4, -0.2) is 54.7 Å². The molecule has 0 bridgehead atoms. The predicted octanol–water partition coefficient (Wildman–Crippen LogP) is 14.8. The molecule has 4 aliphatic carbocycles. The van der Waals surface area contributed by atoms with Crippen molar-refractivity contribution in [3.8, 4) is 22.3 Å². The molecule has 0 amide bonds. The summed E-state index contributed by atoms with van der Waals surface area (Å²) in [5, 5.41) is 0. The van der Waals surface area contributed by atoms with Crippen molar-refractivity contribution < 1.29 is 73.3 Å². The van der Waals surface area contributed by atoms with E-state index in [-0.39, 0.29) is 24.8 Å². The van der Waals surface area contributed by atoms with Crippen molar-refractivity contribution in [2.75, 3.05) is 19.6 Å². The molecular weight excluding hydrogens is 1340 g/mol. The van der Waals surface area contributed by atoms with Gasteiger partial charge < -0.3 is 44.4 Å². The first-order valence-electron chi connectivity index (χ1n) is 33.5. The Morgan fingerprint density at radius 3 is 0.819 bits per heavy atom. The predicted molar refractivity (Wildman–Crippen MR) is 393 cm³/mol. The number of nitrogens with zero attached hydrogens (tertiary/aromatic N) is 4. The van der Waals surface area contributed by atoms with Crippen molar-refractivity contribution in [2.45, 2.75) is 185 Å². The molecule has 0 saturated carbocycles. The van der Waals surface area contributed by atoms with Gasteiger partial charge in [0, 0.05) is 59.7 Å². The summed E-state index contributed by atoms with van der Waals surface area (Å²) in [4.78, 5) is 9.90. The molecule has 8 aromatic carbocycles. The van der Waals surface area contributed by atoms with E-state index in [1.807, 2.05) is 24.3 Å². The Bertz CT molecular complexity index is 3220. The van der Waals surface area contributed by atoms with Crippen LogP contribution in [0.4, 0.5) is 22.7 Å². The molecule has 4 nitrogen and oxygen atoms in total. The SMILES string of the molecule is CC(C)N(c1[c-]c2c(cc1)-c1ccc(N(C(C)C)C(C)C)cc1C2)C(C)C.CC(C)N(c1[c-]c2c(cc1)-c1ccc(N(C(C)C)C(C)C)cc1C2)C(C)C.[C-]1=CC=CC1.[C-]1=CC=CC1.[Cl-].[Cl-].[Zr+2]=[C](c1ccccc1)c1ccccc1.[Zr+2]=[C](c1ccccc1)c1ccccc1. The number of fused-ring (bicyclic) bond motifs is 6. The van der Waals surface area contributed by atoms with Crippen molar-refractivity contribution in [1.82, 2.24) is 0 Å². The molecule has 0 aromatic heterocycles. The van der Waals surface area contributed by atoms with E-state index in [1.165, 1.54) is 144 Å². The molecule has 4 aliphatic rings. The van der Waals surface area contributed by atoms with Gasteiger partial charge in [-0.2, -0.15) is 36.4 Å². The van der Waals surface area contributed by atoms with E-state index in [0.717, 1.165) is 25.7 Å². The molecule has 488 valence electrons. The minimum atomic E-state index is 0. The Kier molecular flexibility index (Phi) is 32.9. The van der Waals surface area contributed by atoms with Gasteiger partial charge in [0.25, 0.3) is 0 Å². The van der Waals surface area contributed by atoms with Crippen LogP contribution in [-0.2, 0) is 61.3 Å². The Labute approximate surface area is 610 Å². The van der Waals surface area contributed by atoms with Crippen LogP contribution in [0.15, 0.2) is 218 Å². The summed E-state index contributed by atoms with van der Waals surface area (Å²) in [6, 6.07) is 76.6. The fraction of sp³-hybridized carbons (Fsp3) is 0.326. The van der Waals surface area contributed by atoms with E-state index in [2.05, 4.69) is 349 Å². The van der Waals surface area contributed by atoms with Crippen LogP contribution in [0.1, 0.15) is 168 Å². The molecule has 0 heterocycles. The van der Waals surface area contributed by atoms with Crippen LogP contribution >= 0.6 is 0 Å². The van der Waals surface area contributed by atoms with E-state index in [9.17, 15) is 0 Å². The third-order valence-corrected chi connectivity index (χ3v) is 19.4. The van der Waals surface area contributed by atoms with Gasteiger partial charge in [0.2, 0.25) is 0 Å². The Morgan fingerprint density at radius 2 is 0.596 bits per heavy atom. The van der Waals surface area contributed by atoms with Crippen LogP contribution in [0.25, 0.3) is 22.3 Å². The summed E-state index contributed by atoms with van der Waals surface area (Å²) < 4.78 is 2.83. The molecule has 12 rings (SSSR count). The first kappa shape index (κ1) is 78.7. The average Bonchev–Trinajstić information content (AvgIpc) is 1.63. The van der Waals surface area contributed by atoms with E-state index in [0.29, 0.717) is 48.3 Å². The number of hydrogen-bond donors (Lipinski definition) is 0. The standard InChI is InChI=1S/2C25H35N2.2C13H10.2C5H5.2ClH.2Zr/c2*1-16(2)26(17(3)4)22-9-11-24-20(14-22)13-21-15-23(10-12-25(21)24)27(18(5)6)19(7)8;2*1-3-7-12(8-4-1)11-13-9-5-2-6-10-13;2*1-2-4-5-3-1;;;;/h2*9-12,14,16-19H,13H2,1-8H3;2*1-10H;2*1-3H,4H2;2*1H;;/q2*-1;;;2*-1;;;2*+2/p-2. The van der Waals surface area contributed by atoms with Gasteiger partial charge in [0.1, 0.15) is 0 Å². The van der Waals surface area contributed by atoms with Crippen LogP contribution in [0, 0.1) is 24.3 Å². The third kappa shape index (κ3) is 22.0. The summed E-state index contributed by atoms with van der Waals surface area (Å²) in [6.07, 6.45) is 22.0. The van der Waals surface area contributed by atoms with Gasteiger partial charge in [-0.1, -0.05) is 34.6 Å². The van der Waals surface area contributed by atoms with E-state index < -0.39 is 0 Å². The maximum absolute atomic E-state index is 3.74. The topological polar surface area (TPSA) is 13.0 Å². The number of allylic oxidation sites excluding steroid dienone is 8. The molecule has 8 heteroatoms. The van der Waals surface area contributed by atoms with Gasteiger partial charge in [-0.15, -0.1) is 47.2 Å². The molecule has 0 unspecified atom stereocenters. The third-order valence-electron chi connectivity index (χ3n) is 16.5. The normalized spacial score (nSPS) is 12.2. The van der Waals surface area contributed by atoms with Crippen molar-refractivity contribution in [3.63, 3.8) is 0 Å². The fourth-order valence-corrected chi connectivity index (χ4v) is 14.6. The van der Waals surface area contributed by atoms with Gasteiger partial charge in [-0.25, -0.2) is 24.3 Å². The molecule has 0 radical (unpaired) electrons. The van der Waals surface area contributed by atoms with E-state index >= 15 is 0 Å². The van der Waals surface area contributed by atoms with Gasteiger partial charge in [0.05, 0.1) is 0 Å². The number of benzene rings is 8. The van der Waals surface area contributed by atoms with Crippen LogP contribution < -0.4 is 44.4 Å². The van der Waals surface area contributed by atoms with Gasteiger partial charge in [-0.3, -0.25) is 12.2 Å². The molecule has 0 atom stereocenters. The van der Waals surface area contributed by atoms with Crippen molar-refractivity contribution in [3.05, 3.63) is 287 Å². The van der Waals surface area contributed by atoms with E-state index in [4.69, 9.17) is 0 Å². The molecule has 0 saturated heterocycles. The second kappa shape index (κ2) is 39.3. The average molecular weight is 1440 g/mol. The first-order valence-corrected chi connectivity index (χ1v) is 35.9. The second-order valence-electron chi connectivity index (χ2n) is 26.1. The van der Waals surface area contributed by atoms with Gasteiger partial charge in [0.15, 0.2) is 0 Å². The fourth-order valence-electron chi connectivity index (χ4n) is 12.9. The Hall–Kier alpha value is -5.99. The molecule has 94 heavy (non-hydrogen) atoms. The van der Waals surface area contributed by atoms with Crippen LogP contribution in [0.5, 0.6) is 0 Å². The summed E-state index contributed by atoms with van der Waals surface area (Å²) >= 11 is 2.92. The summed E-state index contributed by atoms with van der Waals surface area (Å²) in [5.41, 5.74) is 21.4. The summed E-state index contributed by atoms with van der Waals surface area (Å²) in [7, 11) is 0. The number of halogens is 2. The second-order valence-corrected chi connectivity index (χ2v) is 28.6. The van der Waals surface area contributed by atoms with E-state index in [1.54, 1.807) is 0 Å². The van der Waals surface area contributed by atoms with Crippen LogP contribution in [0.3, 0.4) is 0 Å². The van der Waals surface area contributed by atoms with Gasteiger partial charge >= 0.3 is 198 Å². The van der Waals surface area contributed by atoms with Crippen molar-refractivity contribution in [2.24, 2.45) is 0 Å². The quantitative estimate of drug-likeness (QED) is 0.0894. The molecule has 8 aromatic rings. The molecule has 0 spiro atoms. The number of rotatable bonds is 16. The Morgan fingerprint density at radius 1 is 0.330 bits per heavy atom. The Balaban J connectivity index is 0.000000221.